The minimum Gasteiger partial charge on any atom is -0.507 e. The van der Waals surface area contributed by atoms with Crippen molar-refractivity contribution >= 4 is 47.4 Å². The van der Waals surface area contributed by atoms with Crippen molar-refractivity contribution < 1.29 is 34.2 Å². The fourth-order valence-corrected chi connectivity index (χ4v) is 6.86. The molecular formula is C24H29N3O7S. The van der Waals surface area contributed by atoms with Crippen LogP contribution in [0.4, 0.5) is 5.69 Å². The zero-order valence-corrected chi connectivity index (χ0v) is 20.8. The molecule has 10 nitrogen and oxygen atoms in total. The normalized spacial score (nSPS) is 34.4. The molecule has 11 heteroatoms. The lowest BCUT2D eigenvalue weighted by molar-refractivity contribution is -0.181. The van der Waals surface area contributed by atoms with Crippen LogP contribution in [-0.4, -0.2) is 89.7 Å². The number of nitrogens with two attached hydrogens (primary N) is 1. The van der Waals surface area contributed by atoms with Gasteiger partial charge in [-0.15, -0.1) is 0 Å². The fraction of sp³-hybridized carbons (Fsp3) is 0.542. The number of benzene rings is 1. The summed E-state index contributed by atoms with van der Waals surface area (Å²) in [6.07, 6.45) is -0.0162. The van der Waals surface area contributed by atoms with Crippen LogP contribution in [0.2, 0.25) is 0 Å². The van der Waals surface area contributed by atoms with E-state index >= 15 is 0 Å². The number of likely N-dealkylation sites (N-methyl/N-ethyl adjacent to an activating group) is 1. The van der Waals surface area contributed by atoms with Crippen LogP contribution in [0, 0.1) is 23.7 Å². The summed E-state index contributed by atoms with van der Waals surface area (Å²) in [6.45, 7) is 0. The predicted molar refractivity (Wildman–Crippen MR) is 129 cm³/mol. The number of aromatic hydroxyl groups is 1. The number of hydrogen-bond donors (Lipinski definition) is 4. The average Bonchev–Trinajstić information content (AvgIpc) is 2.75. The van der Waals surface area contributed by atoms with E-state index in [4.69, 9.17) is 5.73 Å². The monoisotopic (exact) mass is 503 g/mol. The highest BCUT2D eigenvalue weighted by atomic mass is 32.1. The van der Waals surface area contributed by atoms with Gasteiger partial charge in [0.15, 0.2) is 34.7 Å². The van der Waals surface area contributed by atoms with E-state index in [9.17, 15) is 34.2 Å². The third-order valence-corrected chi connectivity index (χ3v) is 8.27. The smallest absolute Gasteiger partial charge is 0.235 e. The predicted octanol–water partition coefficient (Wildman–Crippen LogP) is -0.596. The molecule has 0 heterocycles. The van der Waals surface area contributed by atoms with Gasteiger partial charge in [0.25, 0.3) is 0 Å². The summed E-state index contributed by atoms with van der Waals surface area (Å²) >= 11 is 4.50. The van der Waals surface area contributed by atoms with Gasteiger partial charge in [-0.1, -0.05) is 0 Å². The van der Waals surface area contributed by atoms with Crippen LogP contribution in [0.3, 0.4) is 0 Å². The van der Waals surface area contributed by atoms with E-state index in [1.165, 1.54) is 11.0 Å². The molecule has 3 aliphatic rings. The number of carbonyl (C=O) groups is 5. The first-order chi connectivity index (χ1) is 16.3. The summed E-state index contributed by atoms with van der Waals surface area (Å²) in [6, 6.07) is 1.89. The molecule has 35 heavy (non-hydrogen) atoms. The van der Waals surface area contributed by atoms with E-state index < -0.39 is 70.3 Å². The number of fused-ring (bicyclic) bond motifs is 3. The molecule has 4 rings (SSSR count). The summed E-state index contributed by atoms with van der Waals surface area (Å²) in [5.74, 6) is -11.0. The van der Waals surface area contributed by atoms with Gasteiger partial charge in [-0.3, -0.25) is 28.9 Å². The maximum atomic E-state index is 13.9. The Bertz CT molecular complexity index is 1170. The van der Waals surface area contributed by atoms with Crippen LogP contribution in [0.25, 0.3) is 0 Å². The average molecular weight is 504 g/mol. The Labute approximate surface area is 207 Å². The number of primary amides is 1. The van der Waals surface area contributed by atoms with Gasteiger partial charge in [0.2, 0.25) is 5.91 Å². The van der Waals surface area contributed by atoms with E-state index in [1.807, 2.05) is 0 Å². The third kappa shape index (κ3) is 3.28. The van der Waals surface area contributed by atoms with Crippen LogP contribution in [0.15, 0.2) is 12.1 Å². The first kappa shape index (κ1) is 25.3. The highest BCUT2D eigenvalue weighted by Crippen LogP contribution is 2.56. The zero-order valence-electron chi connectivity index (χ0n) is 19.9. The van der Waals surface area contributed by atoms with Crippen molar-refractivity contribution in [1.82, 2.24) is 4.90 Å². The molecule has 2 unspecified atom stereocenters. The second kappa shape index (κ2) is 8.42. The SMILES string of the molecule is CN(C)c1ccc(O)c2c1[C@H](CS)[C@H]1C[C@H]3[C@H](N(C)C)C(=O)C(C(N)=O)C(=O)[C@@]3(O)C(=O)C1C2=O. The lowest BCUT2D eigenvalue weighted by Gasteiger charge is -2.54. The standard InChI is InChI=1S/C24H29N3O7S/c1-26(2)12-5-6-13(28)16-14(12)10(8-35)9-7-11-18(27(3)4)20(30)17(23(25)33)22(32)24(11,34)21(31)15(9)19(16)29/h5-6,9-11,15,17-18,28,34-35H,7-8H2,1-4H3,(H2,25,33)/t9-,10-,11+,15?,17?,18+,24+/m1/s1. The van der Waals surface area contributed by atoms with E-state index in [0.29, 0.717) is 11.3 Å². The molecule has 2 fully saturated rings. The molecule has 2 saturated carbocycles. The Kier molecular flexibility index (Phi) is 6.10. The Morgan fingerprint density at radius 3 is 2.29 bits per heavy atom. The number of anilines is 1. The zero-order chi connectivity index (χ0) is 26.1. The summed E-state index contributed by atoms with van der Waals surface area (Å²) in [7, 11) is 6.67. The number of carbonyl (C=O) groups excluding carboxylic acids is 5. The second-order valence-corrected chi connectivity index (χ2v) is 10.4. The first-order valence-corrected chi connectivity index (χ1v) is 11.9. The Morgan fingerprint density at radius 1 is 1.14 bits per heavy atom. The van der Waals surface area contributed by atoms with Crippen molar-refractivity contribution in [3.05, 3.63) is 23.3 Å². The maximum absolute atomic E-state index is 13.9. The van der Waals surface area contributed by atoms with E-state index in [0.717, 1.165) is 0 Å². The van der Waals surface area contributed by atoms with Crippen molar-refractivity contribution in [1.29, 1.82) is 0 Å². The van der Waals surface area contributed by atoms with Crippen molar-refractivity contribution in [2.45, 2.75) is 24.0 Å². The molecule has 188 valence electrons. The van der Waals surface area contributed by atoms with Gasteiger partial charge in [-0.05, 0) is 55.8 Å². The number of Topliss-reactive ketones (excluding diaryl/α,β-unsaturated/α-hetero) is 4. The van der Waals surface area contributed by atoms with E-state index in [2.05, 4.69) is 12.6 Å². The van der Waals surface area contributed by atoms with Crippen molar-refractivity contribution in [3.8, 4) is 5.75 Å². The van der Waals surface area contributed by atoms with Crippen molar-refractivity contribution in [2.24, 2.45) is 29.4 Å². The largest absolute Gasteiger partial charge is 0.507 e. The van der Waals surface area contributed by atoms with Crippen LogP contribution in [0.5, 0.6) is 5.75 Å². The van der Waals surface area contributed by atoms with Crippen LogP contribution < -0.4 is 10.6 Å². The van der Waals surface area contributed by atoms with Crippen molar-refractivity contribution in [2.75, 3.05) is 38.8 Å². The quantitative estimate of drug-likeness (QED) is 0.311. The third-order valence-electron chi connectivity index (χ3n) is 7.88. The Morgan fingerprint density at radius 2 is 1.77 bits per heavy atom. The summed E-state index contributed by atoms with van der Waals surface area (Å²) < 4.78 is 0. The van der Waals surface area contributed by atoms with Gasteiger partial charge >= 0.3 is 0 Å². The van der Waals surface area contributed by atoms with Gasteiger partial charge in [0.1, 0.15) is 5.75 Å². The van der Waals surface area contributed by atoms with Crippen LogP contribution in [0.1, 0.15) is 28.3 Å². The fourth-order valence-electron chi connectivity index (χ4n) is 6.41. The van der Waals surface area contributed by atoms with E-state index in [-0.39, 0.29) is 23.5 Å². The minimum absolute atomic E-state index is 0.0162. The van der Waals surface area contributed by atoms with Gasteiger partial charge in [0.05, 0.1) is 17.5 Å². The highest BCUT2D eigenvalue weighted by molar-refractivity contribution is 7.80. The molecule has 1 aromatic rings. The van der Waals surface area contributed by atoms with Gasteiger partial charge < -0.3 is 20.8 Å². The molecule has 0 aromatic heterocycles. The molecule has 0 bridgehead atoms. The minimum atomic E-state index is -2.74. The maximum Gasteiger partial charge on any atom is 0.235 e. The topological polar surface area (TPSA) is 158 Å². The molecule has 0 aliphatic heterocycles. The van der Waals surface area contributed by atoms with Gasteiger partial charge in [-0.25, -0.2) is 0 Å². The highest BCUT2D eigenvalue weighted by Gasteiger charge is 2.70. The lowest BCUT2D eigenvalue weighted by atomic mass is 9.50. The number of amides is 1. The molecule has 0 radical (unpaired) electrons. The number of ketones is 4. The number of rotatable bonds is 4. The number of aliphatic hydroxyl groups is 1. The summed E-state index contributed by atoms with van der Waals surface area (Å²) in [5, 5.41) is 22.3. The van der Waals surface area contributed by atoms with Crippen molar-refractivity contribution in [3.63, 3.8) is 0 Å². The number of nitrogens with zero attached hydrogens (tertiary/aromatic N) is 2. The van der Waals surface area contributed by atoms with Gasteiger partial charge in [-0.2, -0.15) is 12.6 Å². The number of phenolic OH excluding ortho intramolecular Hbond substituents is 1. The number of hydrogen-bond acceptors (Lipinski definition) is 10. The molecule has 1 amide bonds. The van der Waals surface area contributed by atoms with Gasteiger partial charge in [0, 0.05) is 25.7 Å². The van der Waals surface area contributed by atoms with E-state index in [1.54, 1.807) is 39.2 Å². The molecule has 0 spiro atoms. The molecule has 3 aliphatic carbocycles. The summed E-state index contributed by atoms with van der Waals surface area (Å²) in [4.78, 5) is 69.4. The first-order valence-electron chi connectivity index (χ1n) is 11.3. The number of thiol groups is 1. The lowest BCUT2D eigenvalue weighted by Crippen LogP contribution is -2.74. The molecular weight excluding hydrogens is 474 g/mol. The van der Waals surface area contributed by atoms with Crippen LogP contribution in [-0.2, 0) is 19.2 Å². The Hall–Kier alpha value is -2.76. The molecule has 0 saturated heterocycles. The molecule has 7 atom stereocenters. The number of phenols is 1. The Balaban J connectivity index is 1.96. The molecule has 4 N–H and O–H groups in total. The summed E-state index contributed by atoms with van der Waals surface area (Å²) in [5.41, 5.74) is 3.76. The molecule has 1 aromatic carbocycles. The van der Waals surface area contributed by atoms with Crippen LogP contribution >= 0.6 is 12.6 Å². The second-order valence-electron chi connectivity index (χ2n) is 10.1.